The molecule has 32 heavy (non-hydrogen) atoms. The van der Waals surface area contributed by atoms with Gasteiger partial charge in [-0.2, -0.15) is 0 Å². The van der Waals surface area contributed by atoms with Crippen LogP contribution in [0.3, 0.4) is 0 Å². The van der Waals surface area contributed by atoms with E-state index in [0.29, 0.717) is 24.8 Å². The van der Waals surface area contributed by atoms with E-state index in [0.717, 1.165) is 6.66 Å². The summed E-state index contributed by atoms with van der Waals surface area (Å²) in [6.45, 7) is 5.37. The molecule has 0 bridgehead atoms. The Morgan fingerprint density at radius 1 is 1.34 bits per heavy atom. The van der Waals surface area contributed by atoms with Gasteiger partial charge in [-0.05, 0) is 56.6 Å². The van der Waals surface area contributed by atoms with Crippen LogP contribution in [-0.4, -0.2) is 57.3 Å². The molecule has 4 rings (SSSR count). The lowest BCUT2D eigenvalue weighted by molar-refractivity contribution is -0.219. The fourth-order valence-corrected chi connectivity index (χ4v) is 7.79. The molecule has 1 unspecified atom stereocenters. The molecule has 7 nitrogen and oxygen atoms in total. The van der Waals surface area contributed by atoms with Crippen molar-refractivity contribution in [1.82, 2.24) is 0 Å². The monoisotopic (exact) mass is 470 g/mol. The van der Waals surface area contributed by atoms with Crippen molar-refractivity contribution in [2.24, 2.45) is 28.6 Å². The number of hydrogen-bond acceptors (Lipinski definition) is 6. The third-order valence-electron chi connectivity index (χ3n) is 9.08. The zero-order valence-corrected chi connectivity index (χ0v) is 19.8. The second kappa shape index (κ2) is 7.16. The van der Waals surface area contributed by atoms with Crippen LogP contribution in [0.1, 0.15) is 46.5 Å². The van der Waals surface area contributed by atoms with Crippen LogP contribution in [-0.2, 0) is 18.7 Å². The number of carbonyl (C=O) groups is 2. The van der Waals surface area contributed by atoms with E-state index in [4.69, 9.17) is 4.52 Å². The lowest BCUT2D eigenvalue weighted by Crippen LogP contribution is -2.69. The van der Waals surface area contributed by atoms with E-state index in [1.807, 2.05) is 0 Å². The molecule has 3 saturated carbocycles. The largest absolute Gasteiger partial charge is 0.390 e. The molecule has 3 fully saturated rings. The predicted molar refractivity (Wildman–Crippen MR) is 115 cm³/mol. The van der Waals surface area contributed by atoms with E-state index in [9.17, 15) is 29.3 Å². The van der Waals surface area contributed by atoms with Crippen LogP contribution < -0.4 is 0 Å². The van der Waals surface area contributed by atoms with E-state index in [2.05, 4.69) is 0 Å². The molecule has 0 amide bonds. The van der Waals surface area contributed by atoms with E-state index in [1.54, 1.807) is 26.8 Å². The number of halogens is 1. The van der Waals surface area contributed by atoms with Crippen molar-refractivity contribution < 1.29 is 38.2 Å². The zero-order valence-electron chi connectivity index (χ0n) is 18.9. The van der Waals surface area contributed by atoms with Crippen LogP contribution in [0.15, 0.2) is 23.8 Å². The number of carbonyl (C=O) groups excluding carboxylic acids is 2. The summed E-state index contributed by atoms with van der Waals surface area (Å²) in [5, 5.41) is 22.9. The molecule has 9 heteroatoms. The van der Waals surface area contributed by atoms with Crippen molar-refractivity contribution in [1.29, 1.82) is 0 Å². The molecule has 0 radical (unpaired) electrons. The summed E-state index contributed by atoms with van der Waals surface area (Å²) in [6, 6.07) is 0. The number of rotatable bonds is 4. The molecule has 0 heterocycles. The minimum absolute atomic E-state index is 0.148. The quantitative estimate of drug-likeness (QED) is 0.540. The second-order valence-electron chi connectivity index (χ2n) is 10.7. The average Bonchev–Trinajstić information content (AvgIpc) is 2.89. The van der Waals surface area contributed by atoms with Crippen molar-refractivity contribution in [2.75, 3.05) is 13.3 Å². The number of allylic oxidation sites excluding steroid dienone is 4. The minimum Gasteiger partial charge on any atom is -0.390 e. The van der Waals surface area contributed by atoms with Crippen molar-refractivity contribution in [3.05, 3.63) is 23.8 Å². The Kier molecular flexibility index (Phi) is 5.36. The summed E-state index contributed by atoms with van der Waals surface area (Å²) in [5.41, 5.74) is -5.59. The van der Waals surface area contributed by atoms with Crippen molar-refractivity contribution in [3.8, 4) is 0 Å². The van der Waals surface area contributed by atoms with Gasteiger partial charge in [-0.25, -0.2) is 4.39 Å². The first kappa shape index (κ1) is 24.0. The minimum atomic E-state index is -3.93. The molecule has 0 aromatic carbocycles. The lowest BCUT2D eigenvalue weighted by Gasteiger charge is -2.62. The highest BCUT2D eigenvalue weighted by molar-refractivity contribution is 7.51. The Bertz CT molecular complexity index is 971. The van der Waals surface area contributed by atoms with Gasteiger partial charge in [-0.15, -0.1) is 0 Å². The molecular formula is C23H32FO7P. The van der Waals surface area contributed by atoms with Crippen LogP contribution in [0.4, 0.5) is 4.39 Å². The molecule has 3 N–H and O–H groups in total. The number of hydrogen-bond donors (Lipinski definition) is 3. The maximum absolute atomic E-state index is 17.0. The summed E-state index contributed by atoms with van der Waals surface area (Å²) >= 11 is 0. The summed E-state index contributed by atoms with van der Waals surface area (Å²) in [4.78, 5) is 34.4. The molecule has 9 atom stereocenters. The average molecular weight is 470 g/mol. The zero-order chi connectivity index (χ0) is 23.9. The Morgan fingerprint density at radius 3 is 2.62 bits per heavy atom. The first-order chi connectivity index (χ1) is 14.6. The summed E-state index contributed by atoms with van der Waals surface area (Å²) < 4.78 is 33.4. The van der Waals surface area contributed by atoms with Crippen molar-refractivity contribution >= 4 is 19.2 Å². The molecule has 0 aromatic heterocycles. The van der Waals surface area contributed by atoms with Crippen LogP contribution >= 0.6 is 7.60 Å². The highest BCUT2D eigenvalue weighted by Crippen LogP contribution is 2.70. The Labute approximate surface area is 187 Å². The molecule has 4 aliphatic carbocycles. The molecule has 0 aromatic rings. The standard InChI is InChI=1S/C23H32FO7P/c1-13-9-17-16-6-5-14-10-15(25)7-8-20(14,2)22(16,24)18(26)11-21(17,3)23(13,28)19(27)12-31-32(4,29)30/h7-8,10,13,16-18,26,28H,5-6,9,11-12H2,1-4H3,(H,29,30)/t13-,16+,17+,18+,20+,21+,22+,23+/m1/s1. The van der Waals surface area contributed by atoms with Gasteiger partial charge in [-0.3, -0.25) is 14.2 Å². The molecular weight excluding hydrogens is 438 g/mol. The SMILES string of the molecule is C[C@@H]1C[C@H]2[C@@H]3CCC4=CC(=O)C=C[C@]4(C)[C@@]3(F)[C@@H](O)C[C@]2(C)[C@@]1(O)C(=O)COP(C)(=O)O. The second-order valence-corrected chi connectivity index (χ2v) is 12.5. The van der Waals surface area contributed by atoms with Gasteiger partial charge in [0.05, 0.1) is 6.10 Å². The number of aliphatic hydroxyl groups excluding tert-OH is 1. The highest BCUT2D eigenvalue weighted by Gasteiger charge is 2.75. The van der Waals surface area contributed by atoms with Gasteiger partial charge in [0.2, 0.25) is 0 Å². The maximum atomic E-state index is 17.0. The van der Waals surface area contributed by atoms with Gasteiger partial charge in [0.25, 0.3) is 0 Å². The third-order valence-corrected chi connectivity index (χ3v) is 9.69. The van der Waals surface area contributed by atoms with Gasteiger partial charge >= 0.3 is 7.60 Å². The molecule has 0 spiro atoms. The smallest absolute Gasteiger partial charge is 0.325 e. The Hall–Kier alpha value is -1.18. The van der Waals surface area contributed by atoms with Crippen LogP contribution in [0.5, 0.6) is 0 Å². The molecule has 0 saturated heterocycles. The topological polar surface area (TPSA) is 121 Å². The molecule has 178 valence electrons. The fourth-order valence-electron chi connectivity index (χ4n) is 7.43. The van der Waals surface area contributed by atoms with Crippen LogP contribution in [0.2, 0.25) is 0 Å². The van der Waals surface area contributed by atoms with Gasteiger partial charge in [-0.1, -0.05) is 25.5 Å². The maximum Gasteiger partial charge on any atom is 0.325 e. The third kappa shape index (κ3) is 2.96. The molecule has 0 aliphatic heterocycles. The molecule has 4 aliphatic rings. The van der Waals surface area contributed by atoms with E-state index >= 15 is 4.39 Å². The number of ketones is 2. The van der Waals surface area contributed by atoms with Crippen LogP contribution in [0.25, 0.3) is 0 Å². The van der Waals surface area contributed by atoms with Crippen LogP contribution in [0, 0.1) is 28.6 Å². The van der Waals surface area contributed by atoms with E-state index < -0.39 is 65.9 Å². The number of alkyl halides is 1. The predicted octanol–water partition coefficient (Wildman–Crippen LogP) is 2.74. The lowest BCUT2D eigenvalue weighted by atomic mass is 9.44. The van der Waals surface area contributed by atoms with Gasteiger partial charge in [0, 0.05) is 23.4 Å². The summed E-state index contributed by atoms with van der Waals surface area (Å²) in [7, 11) is -3.93. The summed E-state index contributed by atoms with van der Waals surface area (Å²) in [6.07, 6.45) is 4.02. The Morgan fingerprint density at radius 2 is 2.00 bits per heavy atom. The first-order valence-electron chi connectivity index (χ1n) is 11.1. The Balaban J connectivity index is 1.74. The first-order valence-corrected chi connectivity index (χ1v) is 13.2. The normalized spacial score (nSPS) is 49.5. The summed E-state index contributed by atoms with van der Waals surface area (Å²) in [5.74, 6) is -2.49. The van der Waals surface area contributed by atoms with Gasteiger partial charge < -0.3 is 19.6 Å². The fraction of sp³-hybridized carbons (Fsp3) is 0.739. The van der Waals surface area contributed by atoms with E-state index in [-0.39, 0.29) is 12.2 Å². The number of Topliss-reactive ketones (excluding diaryl/α,β-unsaturated/α-hetero) is 1. The van der Waals surface area contributed by atoms with Crippen molar-refractivity contribution in [2.45, 2.75) is 63.8 Å². The number of fused-ring (bicyclic) bond motifs is 5. The van der Waals surface area contributed by atoms with E-state index in [1.165, 1.54) is 12.2 Å². The van der Waals surface area contributed by atoms with Crippen molar-refractivity contribution in [3.63, 3.8) is 0 Å². The van der Waals surface area contributed by atoms with Gasteiger partial charge in [0.1, 0.15) is 12.2 Å². The number of aliphatic hydroxyl groups is 2. The highest BCUT2D eigenvalue weighted by atomic mass is 31.2. The van der Waals surface area contributed by atoms with Gasteiger partial charge in [0.15, 0.2) is 17.2 Å².